The van der Waals surface area contributed by atoms with Gasteiger partial charge in [-0.1, -0.05) is 83.1 Å². The van der Waals surface area contributed by atoms with E-state index < -0.39 is 0 Å². The lowest BCUT2D eigenvalue weighted by atomic mass is 10.0. The van der Waals surface area contributed by atoms with E-state index in [0.717, 1.165) is 6.54 Å². The van der Waals surface area contributed by atoms with Crippen LogP contribution in [0.2, 0.25) is 6.04 Å². The van der Waals surface area contributed by atoms with Gasteiger partial charge < -0.3 is 5.73 Å². The van der Waals surface area contributed by atoms with E-state index in [9.17, 15) is 0 Å². The minimum Gasteiger partial charge on any atom is -0.330 e. The Bertz CT molecular complexity index is 114. The number of hydrogen-bond donors (Lipinski definition) is 1. The summed E-state index contributed by atoms with van der Waals surface area (Å²) in [6, 6.07) is 1.50. The van der Waals surface area contributed by atoms with Crippen LogP contribution in [-0.2, 0) is 0 Å². The Hall–Kier alpha value is 0.177. The van der Waals surface area contributed by atoms with Gasteiger partial charge in [-0.15, -0.1) is 0 Å². The third-order valence-corrected chi connectivity index (χ3v) is 4.26. The van der Waals surface area contributed by atoms with Crippen molar-refractivity contribution in [1.82, 2.24) is 0 Å². The lowest BCUT2D eigenvalue weighted by Crippen LogP contribution is -1.97. The largest absolute Gasteiger partial charge is 0.330 e. The van der Waals surface area contributed by atoms with Crippen LogP contribution in [0, 0.1) is 0 Å². The zero-order valence-electron chi connectivity index (χ0n) is 12.2. The normalized spacial score (nSPS) is 11.1. The van der Waals surface area contributed by atoms with Crippen molar-refractivity contribution in [3.05, 3.63) is 0 Å². The second-order valence-corrected chi connectivity index (χ2v) is 6.38. The number of unbranched alkanes of at least 4 members (excludes halogenated alkanes) is 12. The van der Waals surface area contributed by atoms with Gasteiger partial charge in [0.2, 0.25) is 0 Å². The first-order valence-electron chi connectivity index (χ1n) is 8.12. The molecule has 2 N–H and O–H groups in total. The van der Waals surface area contributed by atoms with E-state index in [1.807, 2.05) is 0 Å². The fourth-order valence-electron chi connectivity index (χ4n) is 2.34. The monoisotopic (exact) mass is 257 g/mol. The summed E-state index contributed by atoms with van der Waals surface area (Å²) in [5.74, 6) is 0. The summed E-state index contributed by atoms with van der Waals surface area (Å²) < 4.78 is 0. The molecular weight excluding hydrogens is 222 g/mol. The number of hydrogen-bond acceptors (Lipinski definition) is 1. The Balaban J connectivity index is 2.85. The molecule has 0 amide bonds. The first kappa shape index (κ1) is 17.2. The van der Waals surface area contributed by atoms with Crippen molar-refractivity contribution in [3.63, 3.8) is 0 Å². The summed E-state index contributed by atoms with van der Waals surface area (Å²) in [5.41, 5.74) is 5.47. The maximum Gasteiger partial charge on any atom is 0.00279 e. The van der Waals surface area contributed by atoms with Crippen molar-refractivity contribution in [2.45, 2.75) is 89.5 Å². The van der Waals surface area contributed by atoms with Gasteiger partial charge >= 0.3 is 0 Å². The summed E-state index contributed by atoms with van der Waals surface area (Å²) in [6.07, 6.45) is 18.7. The van der Waals surface area contributed by atoms with Crippen LogP contribution in [-0.4, -0.2) is 16.8 Å². The van der Waals surface area contributed by atoms with Crippen LogP contribution in [0.15, 0.2) is 0 Å². The van der Waals surface area contributed by atoms with Gasteiger partial charge in [0, 0.05) is 10.2 Å². The molecule has 0 aliphatic carbocycles. The second kappa shape index (κ2) is 16.2. The predicted molar refractivity (Wildman–Crippen MR) is 83.8 cm³/mol. The molecule has 0 unspecified atom stereocenters. The van der Waals surface area contributed by atoms with Crippen LogP contribution >= 0.6 is 0 Å². The summed E-state index contributed by atoms with van der Waals surface area (Å²) >= 11 is 0. The van der Waals surface area contributed by atoms with Gasteiger partial charge in [0.05, 0.1) is 0 Å². The molecule has 17 heavy (non-hydrogen) atoms. The maximum atomic E-state index is 5.47. The zero-order valence-corrected chi connectivity index (χ0v) is 14.2. The first-order valence-corrected chi connectivity index (χ1v) is 9.53. The quantitative estimate of drug-likeness (QED) is 0.372. The van der Waals surface area contributed by atoms with Gasteiger partial charge in [-0.3, -0.25) is 0 Å². The smallest absolute Gasteiger partial charge is 0.00279 e. The average Bonchev–Trinajstić information content (AvgIpc) is 2.35. The van der Waals surface area contributed by atoms with Crippen molar-refractivity contribution >= 4 is 10.2 Å². The Morgan fingerprint density at radius 2 is 0.765 bits per heavy atom. The number of rotatable bonds is 14. The molecule has 0 aromatic carbocycles. The molecule has 2 heteroatoms. The van der Waals surface area contributed by atoms with Gasteiger partial charge in [-0.2, -0.15) is 0 Å². The van der Waals surface area contributed by atoms with Crippen LogP contribution in [0.1, 0.15) is 83.5 Å². The fraction of sp³-hybridized carbons (Fsp3) is 1.00. The van der Waals surface area contributed by atoms with E-state index in [2.05, 4.69) is 0 Å². The zero-order chi connectivity index (χ0) is 12.6. The molecule has 0 spiro atoms. The van der Waals surface area contributed by atoms with Gasteiger partial charge in [0.25, 0.3) is 0 Å². The van der Waals surface area contributed by atoms with Gasteiger partial charge in [0.1, 0.15) is 0 Å². The van der Waals surface area contributed by atoms with E-state index in [1.54, 1.807) is 0 Å². The average molecular weight is 258 g/mol. The van der Waals surface area contributed by atoms with Crippen molar-refractivity contribution in [1.29, 1.82) is 0 Å². The highest BCUT2D eigenvalue weighted by atomic mass is 28.1. The molecule has 0 saturated heterocycles. The molecule has 0 heterocycles. The summed E-state index contributed by atoms with van der Waals surface area (Å²) in [4.78, 5) is 0. The molecule has 0 aliphatic rings. The molecule has 0 rings (SSSR count). The van der Waals surface area contributed by atoms with Crippen LogP contribution in [0.25, 0.3) is 0 Å². The highest BCUT2D eigenvalue weighted by molar-refractivity contribution is 6.08. The molecule has 1 nitrogen and oxygen atoms in total. The Morgan fingerprint density at radius 1 is 0.471 bits per heavy atom. The summed E-state index contributed by atoms with van der Waals surface area (Å²) in [5, 5.41) is 0. The predicted octanol–water partition coefficient (Wildman–Crippen LogP) is 3.80. The SMILES string of the molecule is NCCCCCCCCCCCCCCC[SiH3]. The molecule has 104 valence electrons. The van der Waals surface area contributed by atoms with Crippen LogP contribution in [0.3, 0.4) is 0 Å². The van der Waals surface area contributed by atoms with E-state index in [4.69, 9.17) is 5.73 Å². The van der Waals surface area contributed by atoms with Crippen molar-refractivity contribution in [3.8, 4) is 0 Å². The third kappa shape index (κ3) is 16.2. The van der Waals surface area contributed by atoms with Gasteiger partial charge in [0.15, 0.2) is 0 Å². The number of nitrogens with two attached hydrogens (primary N) is 1. The van der Waals surface area contributed by atoms with Gasteiger partial charge in [-0.05, 0) is 13.0 Å². The highest BCUT2D eigenvalue weighted by Gasteiger charge is 1.93. The van der Waals surface area contributed by atoms with E-state index in [-0.39, 0.29) is 0 Å². The van der Waals surface area contributed by atoms with Crippen molar-refractivity contribution in [2.75, 3.05) is 6.54 Å². The minimum atomic E-state index is 0.875. The molecule has 0 aliphatic heterocycles. The lowest BCUT2D eigenvalue weighted by Gasteiger charge is -2.02. The third-order valence-electron chi connectivity index (χ3n) is 3.56. The van der Waals surface area contributed by atoms with E-state index in [0.29, 0.717) is 0 Å². The van der Waals surface area contributed by atoms with Crippen molar-refractivity contribution in [2.24, 2.45) is 5.73 Å². The molecule has 0 fully saturated rings. The Morgan fingerprint density at radius 3 is 1.06 bits per heavy atom. The Kier molecular flexibility index (Phi) is 16.3. The second-order valence-electron chi connectivity index (χ2n) is 5.38. The van der Waals surface area contributed by atoms with E-state index in [1.165, 1.54) is 99.8 Å². The molecular formula is C15H35NSi. The Labute approximate surface area is 112 Å². The van der Waals surface area contributed by atoms with E-state index >= 15 is 0 Å². The molecule has 0 saturated carbocycles. The standard InChI is InChI=1S/C15H35NSi/c16-14-12-10-8-6-4-2-1-3-5-7-9-11-13-15-17/h1-16H2,17H3. The van der Waals surface area contributed by atoms with Crippen LogP contribution in [0.5, 0.6) is 0 Å². The van der Waals surface area contributed by atoms with Crippen molar-refractivity contribution < 1.29 is 0 Å². The molecule has 0 aromatic heterocycles. The van der Waals surface area contributed by atoms with Crippen LogP contribution < -0.4 is 5.73 Å². The molecule has 0 atom stereocenters. The summed E-state index contributed by atoms with van der Waals surface area (Å²) in [7, 11) is 1.40. The molecule has 0 bridgehead atoms. The molecule has 0 aromatic rings. The van der Waals surface area contributed by atoms with Gasteiger partial charge in [-0.25, -0.2) is 0 Å². The first-order chi connectivity index (χ1) is 8.41. The molecule has 0 radical (unpaired) electrons. The topological polar surface area (TPSA) is 26.0 Å². The lowest BCUT2D eigenvalue weighted by molar-refractivity contribution is 0.540. The van der Waals surface area contributed by atoms with Crippen LogP contribution in [0.4, 0.5) is 0 Å². The maximum absolute atomic E-state index is 5.47. The fourth-order valence-corrected chi connectivity index (χ4v) is 2.84. The minimum absolute atomic E-state index is 0.875. The summed E-state index contributed by atoms with van der Waals surface area (Å²) in [6.45, 7) is 0.875. The highest BCUT2D eigenvalue weighted by Crippen LogP contribution is 2.12.